The SMILES string of the molecule is CC.CC.CN1C[C@H](CN)OC1=O.CN1C[C@H](CN=C=S)OC1=O.[Ar].[Ar]. The van der Waals surface area contributed by atoms with E-state index in [1.165, 1.54) is 9.80 Å². The first kappa shape index (κ1) is 34.3. The Morgan fingerprint density at radius 3 is 1.65 bits per heavy atom. The largest absolute Gasteiger partial charge is 0.443 e. The van der Waals surface area contributed by atoms with Crippen LogP contribution in [0.15, 0.2) is 4.99 Å². The molecule has 2 saturated heterocycles. The van der Waals surface area contributed by atoms with Crippen LogP contribution >= 0.6 is 12.2 Å². The van der Waals surface area contributed by atoms with Crippen LogP contribution in [0.5, 0.6) is 0 Å². The van der Waals surface area contributed by atoms with Crippen molar-refractivity contribution >= 4 is 29.6 Å². The summed E-state index contributed by atoms with van der Waals surface area (Å²) in [6, 6.07) is 0. The summed E-state index contributed by atoms with van der Waals surface area (Å²) >= 11 is 4.37. The minimum atomic E-state index is -0.297. The molecule has 2 aliphatic heterocycles. The van der Waals surface area contributed by atoms with Gasteiger partial charge in [0.05, 0.1) is 24.8 Å². The Morgan fingerprint density at radius 1 is 1.04 bits per heavy atom. The van der Waals surface area contributed by atoms with E-state index in [4.69, 9.17) is 15.2 Å². The first-order valence-corrected chi connectivity index (χ1v) is 8.46. The van der Waals surface area contributed by atoms with Crippen LogP contribution in [0.2, 0.25) is 0 Å². The molecule has 0 bridgehead atoms. The van der Waals surface area contributed by atoms with E-state index in [-0.39, 0.29) is 99.9 Å². The number of ether oxygens (including phenoxy) is 2. The fraction of sp³-hybridized carbons (Fsp3) is 0.800. The summed E-state index contributed by atoms with van der Waals surface area (Å²) in [5.41, 5.74) is 5.25. The van der Waals surface area contributed by atoms with Crippen molar-refractivity contribution in [1.82, 2.24) is 9.80 Å². The van der Waals surface area contributed by atoms with Crippen molar-refractivity contribution in [1.29, 1.82) is 0 Å². The van der Waals surface area contributed by atoms with Crippen LogP contribution in [-0.4, -0.2) is 79.6 Å². The first-order chi connectivity index (χ1) is 11.5. The Kier molecular flexibility index (Phi) is 29.2. The van der Waals surface area contributed by atoms with Gasteiger partial charge in [-0.3, -0.25) is 0 Å². The van der Waals surface area contributed by atoms with E-state index in [2.05, 4.69) is 22.4 Å². The predicted octanol–water partition coefficient (Wildman–Crippen LogP) is 1.99. The summed E-state index contributed by atoms with van der Waals surface area (Å²) in [7, 11) is 3.38. The van der Waals surface area contributed by atoms with Crippen molar-refractivity contribution in [3.63, 3.8) is 0 Å². The standard InChI is InChI=1S/C6H8N2O2S.C5H10N2O2.2C2H6.2Ar/c1-8-3-5(2-7-4-11)10-6(8)9;1-7-3-4(2-6)9-5(7)8;2*1-2;;/h5H,2-3H2,1H3;4H,2-3,6H2,1H3;2*1-2H3;;/t5-;4-;;;;/m00..../s1. The van der Waals surface area contributed by atoms with Crippen LogP contribution in [0.3, 0.4) is 0 Å². The first-order valence-electron chi connectivity index (χ1n) is 8.05. The van der Waals surface area contributed by atoms with Gasteiger partial charge in [-0.15, -0.1) is 0 Å². The number of nitrogens with zero attached hydrogens (tertiary/aromatic N) is 3. The van der Waals surface area contributed by atoms with Crippen LogP contribution < -0.4 is 5.73 Å². The zero-order chi connectivity index (χ0) is 19.1. The molecule has 2 aliphatic rings. The monoisotopic (exact) mass is 442 g/mol. The number of rotatable bonds is 3. The zero-order valence-corrected chi connectivity index (χ0v) is 18.4. The summed E-state index contributed by atoms with van der Waals surface area (Å²) in [5, 5.41) is 2.22. The van der Waals surface area contributed by atoms with Gasteiger partial charge in [-0.05, 0) is 12.2 Å². The van der Waals surface area contributed by atoms with Gasteiger partial charge in [0, 0.05) is 96.1 Å². The summed E-state index contributed by atoms with van der Waals surface area (Å²) in [6.07, 6.45) is -0.814. The van der Waals surface area contributed by atoms with Crippen molar-refractivity contribution in [3.05, 3.63) is 0 Å². The number of hydrogen-bond acceptors (Lipinski definition) is 7. The Labute approximate surface area is 222 Å². The van der Waals surface area contributed by atoms with Gasteiger partial charge in [0.2, 0.25) is 0 Å². The summed E-state index contributed by atoms with van der Waals surface area (Å²) in [5.74, 6) is 0. The Balaban J connectivity index is -0.000000148. The number of carbonyl (C=O) groups is 2. The maximum absolute atomic E-state index is 10.8. The van der Waals surface area contributed by atoms with E-state index in [0.717, 1.165) is 0 Å². The number of isothiocyanates is 1. The molecular formula is C15H30Ar2N4O4S. The van der Waals surface area contributed by atoms with Crippen LogP contribution in [-0.2, 0) is 9.47 Å². The molecule has 0 aromatic heterocycles. The zero-order valence-electron chi connectivity index (χ0n) is 16.2. The van der Waals surface area contributed by atoms with E-state index in [9.17, 15) is 9.59 Å². The van der Waals surface area contributed by atoms with Gasteiger partial charge in [-0.1, -0.05) is 27.7 Å². The quantitative estimate of drug-likeness (QED) is 0.530. The molecule has 0 aromatic rings. The fourth-order valence-corrected chi connectivity index (χ4v) is 1.73. The minimum Gasteiger partial charge on any atom is -0.443 e. The second kappa shape index (κ2) is 22.1. The van der Waals surface area contributed by atoms with Crippen LogP contribution in [0.1, 0.15) is 27.7 Å². The Morgan fingerprint density at radius 2 is 1.42 bits per heavy atom. The van der Waals surface area contributed by atoms with E-state index >= 15 is 0 Å². The molecule has 0 saturated carbocycles. The third-order valence-corrected chi connectivity index (χ3v) is 2.86. The molecule has 0 aromatic carbocycles. The van der Waals surface area contributed by atoms with Crippen LogP contribution in [0, 0.1) is 75.5 Å². The van der Waals surface area contributed by atoms with Crippen molar-refractivity contribution in [2.45, 2.75) is 39.9 Å². The molecular weight excluding hydrogens is 412 g/mol. The summed E-state index contributed by atoms with van der Waals surface area (Å²) in [4.78, 5) is 28.1. The second-order valence-electron chi connectivity index (χ2n) is 4.44. The van der Waals surface area contributed by atoms with Crippen molar-refractivity contribution < 1.29 is 94.5 Å². The topological polar surface area (TPSA) is 97.5 Å². The molecule has 2 rings (SSSR count). The van der Waals surface area contributed by atoms with E-state index in [1.54, 1.807) is 14.1 Å². The molecule has 2 N–H and O–H groups in total. The summed E-state index contributed by atoms with van der Waals surface area (Å²) in [6.45, 7) is 10.0. The molecule has 8 nitrogen and oxygen atoms in total. The number of thiocarbonyl (C=S) groups is 1. The molecule has 11 heteroatoms. The van der Waals surface area contributed by atoms with Crippen molar-refractivity contribution in [3.8, 4) is 0 Å². The van der Waals surface area contributed by atoms with E-state index in [1.807, 2.05) is 27.7 Å². The fourth-order valence-electron chi connectivity index (χ4n) is 1.66. The number of aliphatic imine (C=N–C) groups is 1. The number of nitrogens with two attached hydrogens (primary N) is 1. The van der Waals surface area contributed by atoms with Gasteiger partial charge in [0.25, 0.3) is 0 Å². The van der Waals surface area contributed by atoms with Gasteiger partial charge < -0.3 is 25.0 Å². The molecule has 0 unspecified atom stereocenters. The number of cyclic esters (lactones) is 2. The van der Waals surface area contributed by atoms with Crippen molar-refractivity contribution in [2.24, 2.45) is 10.7 Å². The molecule has 0 aliphatic carbocycles. The predicted molar refractivity (Wildman–Crippen MR) is 97.4 cm³/mol. The second-order valence-corrected chi connectivity index (χ2v) is 4.62. The van der Waals surface area contributed by atoms with E-state index in [0.29, 0.717) is 26.2 Å². The maximum atomic E-state index is 10.8. The van der Waals surface area contributed by atoms with Gasteiger partial charge in [-0.25, -0.2) is 14.6 Å². The maximum Gasteiger partial charge on any atom is 0.410 e. The summed E-state index contributed by atoms with van der Waals surface area (Å²) < 4.78 is 9.67. The molecule has 2 fully saturated rings. The third kappa shape index (κ3) is 14.8. The normalized spacial score (nSPS) is 19.3. The van der Waals surface area contributed by atoms with Gasteiger partial charge in [-0.2, -0.15) is 0 Å². The third-order valence-electron chi connectivity index (χ3n) is 2.74. The smallest absolute Gasteiger partial charge is 0.410 e. The molecule has 0 spiro atoms. The molecule has 156 valence electrons. The van der Waals surface area contributed by atoms with Gasteiger partial charge in [0.1, 0.15) is 12.2 Å². The van der Waals surface area contributed by atoms with Crippen LogP contribution in [0.25, 0.3) is 0 Å². The molecule has 26 heavy (non-hydrogen) atoms. The average molecular weight is 442 g/mol. The van der Waals surface area contributed by atoms with Gasteiger partial charge in [0.15, 0.2) is 0 Å². The average Bonchev–Trinajstić information content (AvgIpc) is 3.11. The minimum absolute atomic E-state index is 0. The Hall–Kier alpha value is 0.819. The molecule has 2 atom stereocenters. The Bertz CT molecular complexity index is 424. The van der Waals surface area contributed by atoms with Crippen LogP contribution in [0.4, 0.5) is 9.59 Å². The van der Waals surface area contributed by atoms with Gasteiger partial charge >= 0.3 is 12.2 Å². The van der Waals surface area contributed by atoms with Crippen molar-refractivity contribution in [2.75, 3.05) is 40.3 Å². The number of likely N-dealkylation sites (N-methyl/N-ethyl adjacent to an activating group) is 2. The number of amides is 2. The molecule has 2 heterocycles. The van der Waals surface area contributed by atoms with E-state index < -0.39 is 0 Å². The number of hydrogen-bond donors (Lipinski definition) is 1. The molecule has 0 radical (unpaired) electrons. The molecule has 2 amide bonds. The number of carbonyl (C=O) groups excluding carboxylic acids is 2.